The van der Waals surface area contributed by atoms with E-state index in [2.05, 4.69) is 4.98 Å². The lowest BCUT2D eigenvalue weighted by Gasteiger charge is -2.00. The molecule has 0 aromatic rings. The number of fused-ring (bicyclic) bond motifs is 1. The Bertz CT molecular complexity index is 427. The van der Waals surface area contributed by atoms with Crippen LogP contribution in [-0.4, -0.2) is 9.07 Å². The maximum absolute atomic E-state index is 8.67. The van der Waals surface area contributed by atoms with Crippen molar-refractivity contribution in [2.45, 2.75) is 0 Å². The molecule has 0 spiro atoms. The summed E-state index contributed by atoms with van der Waals surface area (Å²) in [6, 6.07) is 5.64. The van der Waals surface area contributed by atoms with E-state index >= 15 is 0 Å². The minimum atomic E-state index is 0.556. The average molecular weight is 178 g/mol. The number of hydrogen-bond donors (Lipinski definition) is 0. The van der Waals surface area contributed by atoms with Gasteiger partial charge in [-0.2, -0.15) is 5.26 Å². The molecule has 2 aliphatic heterocycles. The molecule has 2 aliphatic rings. The second kappa shape index (κ2) is 2.50. The van der Waals surface area contributed by atoms with E-state index < -0.39 is 0 Å². The average Bonchev–Trinajstić information content (AvgIpc) is 2.49. The van der Waals surface area contributed by atoms with Crippen LogP contribution in [0.25, 0.3) is 11.4 Å². The van der Waals surface area contributed by atoms with Gasteiger partial charge in [-0.05, 0) is 12.1 Å². The first-order valence-electron chi connectivity index (χ1n) is 3.35. The van der Waals surface area contributed by atoms with Crippen LogP contribution >= 0.6 is 11.8 Å². The molecule has 12 heavy (non-hydrogen) atoms. The molecule has 4 heteroatoms. The molecule has 0 unspecified atom stereocenters. The molecule has 0 fully saturated rings. The Balaban J connectivity index is 2.78. The van der Waals surface area contributed by atoms with E-state index in [1.807, 2.05) is 12.1 Å². The molecule has 0 radical (unpaired) electrons. The Kier molecular flexibility index (Phi) is 1.49. The number of rotatable bonds is 0. The monoisotopic (exact) mass is 177 g/mol. The second-order valence-electron chi connectivity index (χ2n) is 2.34. The lowest BCUT2D eigenvalue weighted by molar-refractivity contribution is 1.15. The highest BCUT2D eigenvalue weighted by Gasteiger charge is 2.12. The molecular weight excluding hydrogens is 174 g/mol. The van der Waals surface area contributed by atoms with Gasteiger partial charge in [-0.1, -0.05) is 0 Å². The summed E-state index contributed by atoms with van der Waals surface area (Å²) in [6.45, 7) is 0. The Morgan fingerprint density at radius 3 is 3.17 bits per heavy atom. The minimum Gasteiger partial charge on any atom is -0.243 e. The summed E-state index contributed by atoms with van der Waals surface area (Å²) >= 11 is 5.77. The van der Waals surface area contributed by atoms with Crippen molar-refractivity contribution in [1.29, 1.82) is 5.26 Å². The van der Waals surface area contributed by atoms with Crippen LogP contribution < -0.4 is 0 Å². The van der Waals surface area contributed by atoms with E-state index in [4.69, 9.17) is 17.0 Å². The summed E-state index contributed by atoms with van der Waals surface area (Å²) in [5.74, 6) is 0.621. The van der Waals surface area contributed by atoms with Gasteiger partial charge < -0.3 is 0 Å². The number of nitriles is 1. The number of hydrogen-bond acceptors (Lipinski definition) is 2. The molecule has 58 valence electrons. The first-order chi connectivity index (χ1) is 5.83. The maximum Gasteiger partial charge on any atom is 0.155 e. The van der Waals surface area contributed by atoms with Crippen LogP contribution in [-0.2, 0) is 0 Å². The van der Waals surface area contributed by atoms with Crippen LogP contribution in [0.4, 0.5) is 0 Å². The van der Waals surface area contributed by atoms with Gasteiger partial charge in [0, 0.05) is 29.7 Å². The molecule has 3 nitrogen and oxygen atoms in total. The van der Waals surface area contributed by atoms with Crippen molar-refractivity contribution < 1.29 is 0 Å². The summed E-state index contributed by atoms with van der Waals surface area (Å²) in [6.07, 6.45) is 3.20. The zero-order chi connectivity index (χ0) is 8.55. The van der Waals surface area contributed by atoms with Crippen molar-refractivity contribution in [1.82, 2.24) is 9.07 Å². The molecule has 0 amide bonds. The van der Waals surface area contributed by atoms with E-state index in [0.29, 0.717) is 11.4 Å². The van der Waals surface area contributed by atoms with Gasteiger partial charge in [-0.3, -0.25) is 0 Å². The van der Waals surface area contributed by atoms with Crippen LogP contribution in [0.15, 0.2) is 24.5 Å². The molecule has 0 aliphatic carbocycles. The lowest BCUT2D eigenvalue weighted by Crippen LogP contribution is -1.89. The highest BCUT2D eigenvalue weighted by Crippen LogP contribution is 2.24. The van der Waals surface area contributed by atoms with Crippen molar-refractivity contribution in [2.75, 3.05) is 0 Å². The molecule has 0 aromatic carbocycles. The summed E-state index contributed by atoms with van der Waals surface area (Å²) in [5.41, 5.74) is 1.34. The molecule has 0 N–H and O–H groups in total. The van der Waals surface area contributed by atoms with Crippen LogP contribution in [0.2, 0.25) is 0 Å². The molecule has 2 rings (SSSR count). The molecule has 0 bridgehead atoms. The van der Waals surface area contributed by atoms with Gasteiger partial charge in [0.25, 0.3) is 0 Å². The Hall–Kier alpha value is -1.53. The molecule has 0 atom stereocenters. The quantitative estimate of drug-likeness (QED) is 0.617. The fraction of sp³-hybridized carbons (Fsp3) is 0. The second-order valence-corrected chi connectivity index (χ2v) is 2.70. The third-order valence-corrected chi connectivity index (χ3v) is 1.92. The smallest absolute Gasteiger partial charge is 0.155 e. The minimum absolute atomic E-state index is 0.556. The SMILES string of the molecule is N#Cc1cnc2n(Cl)cccc1-2. The van der Waals surface area contributed by atoms with Gasteiger partial charge >= 0.3 is 0 Å². The highest BCUT2D eigenvalue weighted by atomic mass is 35.5. The highest BCUT2D eigenvalue weighted by molar-refractivity contribution is 6.16. The Morgan fingerprint density at radius 1 is 1.58 bits per heavy atom. The van der Waals surface area contributed by atoms with E-state index in [1.165, 1.54) is 10.3 Å². The van der Waals surface area contributed by atoms with Gasteiger partial charge in [0.05, 0.1) is 5.56 Å². The van der Waals surface area contributed by atoms with E-state index in [0.717, 1.165) is 5.56 Å². The molecule has 2 heterocycles. The Labute approximate surface area is 74.3 Å². The van der Waals surface area contributed by atoms with E-state index in [9.17, 15) is 0 Å². The zero-order valence-corrected chi connectivity index (χ0v) is 6.78. The third-order valence-electron chi connectivity index (χ3n) is 1.65. The number of halogens is 1. The number of aromatic nitrogens is 2. The van der Waals surface area contributed by atoms with Crippen molar-refractivity contribution in [3.05, 3.63) is 30.1 Å². The summed E-state index contributed by atoms with van der Waals surface area (Å²) < 4.78 is 1.37. The summed E-state index contributed by atoms with van der Waals surface area (Å²) in [5, 5.41) is 8.67. The lowest BCUT2D eigenvalue weighted by atomic mass is 10.2. The van der Waals surface area contributed by atoms with Crippen LogP contribution in [0, 0.1) is 11.3 Å². The van der Waals surface area contributed by atoms with Gasteiger partial charge in [0.1, 0.15) is 6.07 Å². The molecule has 0 aromatic heterocycles. The maximum atomic E-state index is 8.67. The van der Waals surface area contributed by atoms with Gasteiger partial charge in [-0.15, -0.1) is 0 Å². The predicted molar refractivity (Wildman–Crippen MR) is 44.8 cm³/mol. The molecule has 0 saturated carbocycles. The number of pyridine rings is 1. The van der Waals surface area contributed by atoms with Crippen molar-refractivity contribution in [3.8, 4) is 17.5 Å². The summed E-state index contributed by atoms with van der Waals surface area (Å²) in [4.78, 5) is 4.00. The normalized spacial score (nSPS) is 10.0. The largest absolute Gasteiger partial charge is 0.243 e. The van der Waals surface area contributed by atoms with Gasteiger partial charge in [0.15, 0.2) is 5.82 Å². The third kappa shape index (κ3) is 0.858. The van der Waals surface area contributed by atoms with Gasteiger partial charge in [-0.25, -0.2) is 9.07 Å². The standard InChI is InChI=1S/C8H4ClN3/c9-12-3-1-2-7-6(4-10)5-11-8(7)12/h1-3,5H. The molecule has 0 saturated heterocycles. The first-order valence-corrected chi connectivity index (χ1v) is 3.69. The molecular formula is C8H4ClN3. The van der Waals surface area contributed by atoms with E-state index in [1.54, 1.807) is 12.3 Å². The van der Waals surface area contributed by atoms with Crippen LogP contribution in [0.1, 0.15) is 5.56 Å². The predicted octanol–water partition coefficient (Wildman–Crippen LogP) is 1.86. The van der Waals surface area contributed by atoms with Gasteiger partial charge in [0.2, 0.25) is 0 Å². The number of nitrogens with zero attached hydrogens (tertiary/aromatic N) is 3. The van der Waals surface area contributed by atoms with Crippen LogP contribution in [0.5, 0.6) is 0 Å². The van der Waals surface area contributed by atoms with Crippen molar-refractivity contribution in [2.24, 2.45) is 0 Å². The van der Waals surface area contributed by atoms with Crippen molar-refractivity contribution in [3.63, 3.8) is 0 Å². The van der Waals surface area contributed by atoms with Crippen LogP contribution in [0.3, 0.4) is 0 Å². The van der Waals surface area contributed by atoms with Crippen molar-refractivity contribution >= 4 is 11.8 Å². The van der Waals surface area contributed by atoms with E-state index in [-0.39, 0.29) is 0 Å². The zero-order valence-electron chi connectivity index (χ0n) is 6.03. The summed E-state index contributed by atoms with van der Waals surface area (Å²) in [7, 11) is 0. The Morgan fingerprint density at radius 2 is 2.42 bits per heavy atom. The fourth-order valence-corrected chi connectivity index (χ4v) is 1.29. The topological polar surface area (TPSA) is 41.6 Å². The first kappa shape index (κ1) is 7.14. The fourth-order valence-electron chi connectivity index (χ4n) is 1.09.